The highest BCUT2D eigenvalue weighted by molar-refractivity contribution is 7.92. The molecule has 0 atom stereocenters. The van der Waals surface area contributed by atoms with Gasteiger partial charge in [-0.3, -0.25) is 14.0 Å². The van der Waals surface area contributed by atoms with Crippen LogP contribution in [-0.2, 0) is 27.8 Å². The van der Waals surface area contributed by atoms with Gasteiger partial charge >= 0.3 is 0 Å². The minimum atomic E-state index is -3.42. The maximum absolute atomic E-state index is 12.5. The largest absolute Gasteiger partial charge is 0.379 e. The first-order valence-electron chi connectivity index (χ1n) is 10.2. The van der Waals surface area contributed by atoms with Gasteiger partial charge in [0.15, 0.2) is 0 Å². The number of carbonyl (C=O) groups excluding carboxylic acids is 1. The lowest BCUT2D eigenvalue weighted by atomic mass is 10.1. The van der Waals surface area contributed by atoms with Gasteiger partial charge in [0.1, 0.15) is 0 Å². The number of sulfonamides is 1. The molecule has 0 bridgehead atoms. The van der Waals surface area contributed by atoms with Crippen LogP contribution in [0.5, 0.6) is 0 Å². The van der Waals surface area contributed by atoms with Gasteiger partial charge in [-0.1, -0.05) is 30.3 Å². The second-order valence-corrected chi connectivity index (χ2v) is 9.42. The van der Waals surface area contributed by atoms with Crippen molar-refractivity contribution in [3.05, 3.63) is 77.9 Å². The molecule has 0 aliphatic carbocycles. The summed E-state index contributed by atoms with van der Waals surface area (Å²) in [5, 5.41) is 2.91. The lowest BCUT2D eigenvalue weighted by Gasteiger charge is -2.26. The van der Waals surface area contributed by atoms with Crippen LogP contribution in [0.1, 0.15) is 21.5 Å². The van der Waals surface area contributed by atoms with E-state index in [1.54, 1.807) is 24.3 Å². The van der Waals surface area contributed by atoms with Crippen molar-refractivity contribution in [1.82, 2.24) is 10.2 Å². The Bertz CT molecular complexity index is 982. The van der Waals surface area contributed by atoms with Crippen molar-refractivity contribution in [2.75, 3.05) is 43.4 Å². The Balaban J connectivity index is 1.54. The summed E-state index contributed by atoms with van der Waals surface area (Å²) in [7, 11) is -3.42. The van der Waals surface area contributed by atoms with Gasteiger partial charge in [0, 0.05) is 31.7 Å². The van der Waals surface area contributed by atoms with E-state index in [4.69, 9.17) is 4.74 Å². The van der Waals surface area contributed by atoms with Gasteiger partial charge in [-0.25, -0.2) is 8.42 Å². The zero-order valence-corrected chi connectivity index (χ0v) is 18.6. The Kier molecular flexibility index (Phi) is 7.84. The van der Waals surface area contributed by atoms with Crippen LogP contribution in [0.4, 0.5) is 5.69 Å². The Morgan fingerprint density at radius 3 is 2.29 bits per heavy atom. The number of hydrogen-bond acceptors (Lipinski definition) is 5. The van der Waals surface area contributed by atoms with Gasteiger partial charge in [0.2, 0.25) is 10.0 Å². The molecule has 0 radical (unpaired) electrons. The summed E-state index contributed by atoms with van der Waals surface area (Å²) in [6.45, 7) is 8.56. The average Bonchev–Trinajstić information content (AvgIpc) is 2.77. The number of anilines is 1. The lowest BCUT2D eigenvalue weighted by Crippen LogP contribution is -2.35. The van der Waals surface area contributed by atoms with E-state index in [1.165, 1.54) is 15.9 Å². The molecule has 1 fully saturated rings. The molecule has 2 aromatic carbocycles. The van der Waals surface area contributed by atoms with Crippen LogP contribution in [0.25, 0.3) is 0 Å². The Labute approximate surface area is 184 Å². The fourth-order valence-electron chi connectivity index (χ4n) is 3.39. The topological polar surface area (TPSA) is 79.0 Å². The molecular formula is C23H29N3O4S. The van der Waals surface area contributed by atoms with E-state index in [0.29, 0.717) is 17.8 Å². The summed E-state index contributed by atoms with van der Waals surface area (Å²) < 4.78 is 30.5. The smallest absolute Gasteiger partial charge is 0.251 e. The molecule has 1 aliphatic rings. The maximum Gasteiger partial charge on any atom is 0.251 e. The minimum Gasteiger partial charge on any atom is -0.379 e. The van der Waals surface area contributed by atoms with E-state index in [2.05, 4.69) is 28.9 Å². The molecule has 1 heterocycles. The van der Waals surface area contributed by atoms with E-state index in [0.717, 1.165) is 44.7 Å². The number of nitrogens with one attached hydrogen (secondary N) is 1. The van der Waals surface area contributed by atoms with Crippen molar-refractivity contribution >= 4 is 21.6 Å². The number of nitrogens with zero attached hydrogens (tertiary/aromatic N) is 2. The van der Waals surface area contributed by atoms with Crippen molar-refractivity contribution < 1.29 is 17.9 Å². The van der Waals surface area contributed by atoms with Crippen LogP contribution < -0.4 is 9.62 Å². The second-order valence-electron chi connectivity index (χ2n) is 7.52. The van der Waals surface area contributed by atoms with Crippen LogP contribution in [-0.4, -0.2) is 58.3 Å². The molecule has 1 aliphatic heterocycles. The molecule has 0 saturated carbocycles. The minimum absolute atomic E-state index is 0.173. The second kappa shape index (κ2) is 10.6. The molecule has 0 spiro atoms. The van der Waals surface area contributed by atoms with Gasteiger partial charge in [-0.05, 0) is 35.4 Å². The number of hydrogen-bond donors (Lipinski definition) is 1. The zero-order valence-electron chi connectivity index (χ0n) is 17.8. The summed E-state index contributed by atoms with van der Waals surface area (Å²) in [5.41, 5.74) is 3.22. The highest BCUT2D eigenvalue weighted by Crippen LogP contribution is 2.18. The Hall–Kier alpha value is -2.68. The maximum atomic E-state index is 12.5. The molecule has 7 nitrogen and oxygen atoms in total. The fourth-order valence-corrected chi connectivity index (χ4v) is 4.27. The number of amides is 1. The van der Waals surface area contributed by atoms with Crippen molar-refractivity contribution in [1.29, 1.82) is 0 Å². The van der Waals surface area contributed by atoms with Crippen LogP contribution in [0.2, 0.25) is 0 Å². The predicted octanol–water partition coefficient (Wildman–Crippen LogP) is 2.40. The summed E-state index contributed by atoms with van der Waals surface area (Å²) in [6.07, 6.45) is 2.66. The van der Waals surface area contributed by atoms with Crippen molar-refractivity contribution in [3.8, 4) is 0 Å². The molecule has 31 heavy (non-hydrogen) atoms. The standard InChI is InChI=1S/C23H29N3O4S/c1-3-12-26(31(2,28)29)22-10-8-21(9-11-22)23(27)24-17-19-4-6-20(7-5-19)18-25-13-15-30-16-14-25/h3-11H,1,12-18H2,2H3,(H,24,27). The van der Waals surface area contributed by atoms with E-state index in [-0.39, 0.29) is 12.5 Å². The van der Waals surface area contributed by atoms with Gasteiger partial charge < -0.3 is 10.1 Å². The van der Waals surface area contributed by atoms with Crippen molar-refractivity contribution in [2.45, 2.75) is 13.1 Å². The Morgan fingerprint density at radius 2 is 1.71 bits per heavy atom. The molecule has 1 amide bonds. The SMILES string of the molecule is C=CCN(c1ccc(C(=O)NCc2ccc(CN3CCOCC3)cc2)cc1)S(C)(=O)=O. The predicted molar refractivity (Wildman–Crippen MR) is 123 cm³/mol. The highest BCUT2D eigenvalue weighted by atomic mass is 32.2. The molecule has 0 aromatic heterocycles. The first-order chi connectivity index (χ1) is 14.9. The summed E-state index contributed by atoms with van der Waals surface area (Å²) in [6, 6.07) is 14.7. The fraction of sp³-hybridized carbons (Fsp3) is 0.348. The van der Waals surface area contributed by atoms with Crippen LogP contribution >= 0.6 is 0 Å². The van der Waals surface area contributed by atoms with E-state index < -0.39 is 10.0 Å². The number of ether oxygens (including phenoxy) is 1. The highest BCUT2D eigenvalue weighted by Gasteiger charge is 2.16. The van der Waals surface area contributed by atoms with Gasteiger partial charge in [0.05, 0.1) is 31.7 Å². The number of morpholine rings is 1. The van der Waals surface area contributed by atoms with E-state index in [9.17, 15) is 13.2 Å². The van der Waals surface area contributed by atoms with Crippen LogP contribution in [0, 0.1) is 0 Å². The third-order valence-corrected chi connectivity index (χ3v) is 6.26. The van der Waals surface area contributed by atoms with Crippen LogP contribution in [0.3, 0.4) is 0 Å². The Morgan fingerprint density at radius 1 is 1.10 bits per heavy atom. The quantitative estimate of drug-likeness (QED) is 0.602. The van der Waals surface area contributed by atoms with E-state index >= 15 is 0 Å². The zero-order chi connectivity index (χ0) is 22.3. The van der Waals surface area contributed by atoms with E-state index in [1.807, 2.05) is 12.1 Å². The summed E-state index contributed by atoms with van der Waals surface area (Å²) in [5.74, 6) is -0.210. The van der Waals surface area contributed by atoms with Gasteiger partial charge in [0.25, 0.3) is 5.91 Å². The summed E-state index contributed by atoms with van der Waals surface area (Å²) in [4.78, 5) is 14.8. The molecule has 3 rings (SSSR count). The molecule has 0 unspecified atom stereocenters. The third kappa shape index (κ3) is 6.65. The molecule has 1 N–H and O–H groups in total. The number of carbonyl (C=O) groups is 1. The molecular weight excluding hydrogens is 414 g/mol. The average molecular weight is 444 g/mol. The first kappa shape index (κ1) is 23.0. The number of rotatable bonds is 9. The molecule has 2 aromatic rings. The normalized spacial score (nSPS) is 14.7. The van der Waals surface area contributed by atoms with Crippen molar-refractivity contribution in [2.24, 2.45) is 0 Å². The van der Waals surface area contributed by atoms with Gasteiger partial charge in [-0.15, -0.1) is 6.58 Å². The molecule has 1 saturated heterocycles. The third-order valence-electron chi connectivity index (χ3n) is 5.10. The first-order valence-corrected chi connectivity index (χ1v) is 12.1. The van der Waals surface area contributed by atoms with Gasteiger partial charge in [-0.2, -0.15) is 0 Å². The van der Waals surface area contributed by atoms with Crippen molar-refractivity contribution in [3.63, 3.8) is 0 Å². The van der Waals surface area contributed by atoms with Crippen LogP contribution in [0.15, 0.2) is 61.2 Å². The lowest BCUT2D eigenvalue weighted by molar-refractivity contribution is 0.0342. The summed E-state index contributed by atoms with van der Waals surface area (Å²) >= 11 is 0. The molecule has 166 valence electrons. The number of benzene rings is 2. The monoisotopic (exact) mass is 443 g/mol. The molecule has 8 heteroatoms.